The van der Waals surface area contributed by atoms with Crippen LogP contribution in [0.1, 0.15) is 42.5 Å². The Morgan fingerprint density at radius 2 is 1.95 bits per heavy atom. The van der Waals surface area contributed by atoms with E-state index >= 15 is 0 Å². The second-order valence-corrected chi connectivity index (χ2v) is 5.24. The van der Waals surface area contributed by atoms with Crippen molar-refractivity contribution in [3.8, 4) is 0 Å². The Labute approximate surface area is 115 Å². The Morgan fingerprint density at radius 3 is 2.53 bits per heavy atom. The summed E-state index contributed by atoms with van der Waals surface area (Å²) in [7, 11) is 0. The molecule has 1 aromatic rings. The zero-order valence-corrected chi connectivity index (χ0v) is 11.4. The number of nitrogens with zero attached hydrogens (tertiary/aromatic N) is 1. The molecule has 0 spiro atoms. The Hall–Kier alpha value is -1.19. The maximum absolute atomic E-state index is 12.0. The van der Waals surface area contributed by atoms with Crippen LogP contribution in [0.15, 0.2) is 30.3 Å². The average Bonchev–Trinajstić information content (AvgIpc) is 2.38. The lowest BCUT2D eigenvalue weighted by Gasteiger charge is -2.37. The minimum atomic E-state index is 0.211. The van der Waals surface area contributed by atoms with Gasteiger partial charge in [-0.25, -0.2) is 0 Å². The van der Waals surface area contributed by atoms with Crippen LogP contribution in [0.2, 0.25) is 0 Å². The molecule has 1 N–H and O–H groups in total. The summed E-state index contributed by atoms with van der Waals surface area (Å²) in [6.45, 7) is 1.87. The molecule has 1 aromatic carbocycles. The van der Waals surface area contributed by atoms with E-state index in [1.54, 1.807) is 0 Å². The molecule has 1 aliphatic carbocycles. The smallest absolute Gasteiger partial charge is 0.162 e. The van der Waals surface area contributed by atoms with Crippen molar-refractivity contribution >= 4 is 5.78 Å². The zero-order chi connectivity index (χ0) is 13.5. The molecule has 0 aliphatic heterocycles. The summed E-state index contributed by atoms with van der Waals surface area (Å²) in [5.41, 5.74) is 0.805. The number of aliphatic hydroxyl groups excluding tert-OH is 1. The second kappa shape index (κ2) is 7.41. The maximum atomic E-state index is 12.0. The number of hydrogen-bond donors (Lipinski definition) is 1. The van der Waals surface area contributed by atoms with Crippen molar-refractivity contribution in [3.63, 3.8) is 0 Å². The van der Waals surface area contributed by atoms with E-state index in [0.29, 0.717) is 12.5 Å². The van der Waals surface area contributed by atoms with Gasteiger partial charge >= 0.3 is 0 Å². The lowest BCUT2D eigenvalue weighted by atomic mass is 9.91. The molecule has 104 valence electrons. The summed E-state index contributed by atoms with van der Waals surface area (Å²) in [5, 5.41) is 9.08. The predicted molar refractivity (Wildman–Crippen MR) is 76.3 cm³/mol. The molecule has 0 bridgehead atoms. The highest BCUT2D eigenvalue weighted by Gasteiger charge is 2.24. The van der Waals surface area contributed by atoms with Gasteiger partial charge in [0.1, 0.15) is 0 Å². The van der Waals surface area contributed by atoms with Gasteiger partial charge in [-0.2, -0.15) is 0 Å². The van der Waals surface area contributed by atoms with Crippen LogP contribution in [0, 0.1) is 0 Å². The minimum absolute atomic E-state index is 0.211. The first-order chi connectivity index (χ1) is 9.31. The summed E-state index contributed by atoms with van der Waals surface area (Å²) in [6, 6.07) is 10.1. The normalized spacial score (nSPS) is 15.5. The molecular formula is C16H23NO2. The highest BCUT2D eigenvalue weighted by Crippen LogP contribution is 2.24. The molecule has 3 nitrogen and oxygen atoms in total. The van der Waals surface area contributed by atoms with Crippen molar-refractivity contribution in [3.05, 3.63) is 35.9 Å². The van der Waals surface area contributed by atoms with E-state index in [2.05, 4.69) is 4.90 Å². The van der Waals surface area contributed by atoms with Crippen LogP contribution < -0.4 is 0 Å². The van der Waals surface area contributed by atoms with Crippen molar-refractivity contribution in [2.24, 2.45) is 0 Å². The van der Waals surface area contributed by atoms with Crippen molar-refractivity contribution in [2.45, 2.75) is 38.1 Å². The summed E-state index contributed by atoms with van der Waals surface area (Å²) in [6.07, 6.45) is 5.26. The number of ketones is 1. The number of carbonyl (C=O) groups is 1. The molecule has 0 radical (unpaired) electrons. The Bertz CT molecular complexity index is 387. The molecule has 1 saturated carbocycles. The molecule has 1 aliphatic rings. The van der Waals surface area contributed by atoms with E-state index < -0.39 is 0 Å². The third-order valence-corrected chi connectivity index (χ3v) is 3.92. The van der Waals surface area contributed by atoms with E-state index in [1.807, 2.05) is 30.3 Å². The van der Waals surface area contributed by atoms with Crippen LogP contribution in [-0.4, -0.2) is 41.5 Å². The number of hydrogen-bond acceptors (Lipinski definition) is 3. The number of Topliss-reactive ketones (excluding diaryl/α,β-unsaturated/α-hetero) is 1. The highest BCUT2D eigenvalue weighted by atomic mass is 16.3. The van der Waals surface area contributed by atoms with E-state index in [1.165, 1.54) is 19.3 Å². The first kappa shape index (κ1) is 14.2. The van der Waals surface area contributed by atoms with Gasteiger partial charge in [-0.1, -0.05) is 36.8 Å². The first-order valence-electron chi connectivity index (χ1n) is 7.24. The molecule has 19 heavy (non-hydrogen) atoms. The van der Waals surface area contributed by atoms with Crippen LogP contribution in [0.25, 0.3) is 0 Å². The molecule has 0 atom stereocenters. The van der Waals surface area contributed by atoms with Crippen LogP contribution in [0.5, 0.6) is 0 Å². The minimum Gasteiger partial charge on any atom is -0.395 e. The van der Waals surface area contributed by atoms with E-state index in [0.717, 1.165) is 25.1 Å². The fourth-order valence-electron chi connectivity index (χ4n) is 2.57. The molecule has 0 heterocycles. The van der Waals surface area contributed by atoms with Gasteiger partial charge in [-0.15, -0.1) is 0 Å². The largest absolute Gasteiger partial charge is 0.395 e. The van der Waals surface area contributed by atoms with Crippen LogP contribution >= 0.6 is 0 Å². The summed E-state index contributed by atoms with van der Waals surface area (Å²) >= 11 is 0. The van der Waals surface area contributed by atoms with Crippen molar-refractivity contribution in [1.82, 2.24) is 4.90 Å². The fraction of sp³-hybridized carbons (Fsp3) is 0.562. The molecular weight excluding hydrogens is 238 g/mol. The summed E-state index contributed by atoms with van der Waals surface area (Å²) in [5.74, 6) is 0.221. The Balaban J connectivity index is 1.74. The Kier molecular flexibility index (Phi) is 5.55. The molecule has 0 amide bonds. The number of aliphatic hydroxyl groups is 1. The number of benzene rings is 1. The SMILES string of the molecule is O=C(CCCN(CCO)C1CCC1)c1ccccc1. The third-order valence-electron chi connectivity index (χ3n) is 3.92. The summed E-state index contributed by atoms with van der Waals surface area (Å²) < 4.78 is 0. The van der Waals surface area contributed by atoms with E-state index in [-0.39, 0.29) is 12.4 Å². The number of carbonyl (C=O) groups excluding carboxylic acids is 1. The zero-order valence-electron chi connectivity index (χ0n) is 11.4. The fourth-order valence-corrected chi connectivity index (χ4v) is 2.57. The van der Waals surface area contributed by atoms with Gasteiger partial charge in [0, 0.05) is 24.6 Å². The van der Waals surface area contributed by atoms with Crippen LogP contribution in [0.4, 0.5) is 0 Å². The van der Waals surface area contributed by atoms with Gasteiger partial charge in [-0.3, -0.25) is 9.69 Å². The standard InChI is InChI=1S/C16H23NO2/c18-13-12-17(15-8-4-9-15)11-5-10-16(19)14-6-2-1-3-7-14/h1-3,6-7,15,18H,4-5,8-13H2. The lowest BCUT2D eigenvalue weighted by molar-refractivity contribution is 0.0904. The van der Waals surface area contributed by atoms with Crippen LogP contribution in [-0.2, 0) is 0 Å². The topological polar surface area (TPSA) is 40.5 Å². The van der Waals surface area contributed by atoms with E-state index in [9.17, 15) is 4.79 Å². The number of rotatable bonds is 8. The first-order valence-corrected chi connectivity index (χ1v) is 7.24. The molecule has 0 unspecified atom stereocenters. The van der Waals surface area contributed by atoms with Gasteiger partial charge in [-0.05, 0) is 25.8 Å². The van der Waals surface area contributed by atoms with Crippen molar-refractivity contribution in [1.29, 1.82) is 0 Å². The van der Waals surface area contributed by atoms with Gasteiger partial charge in [0.2, 0.25) is 0 Å². The highest BCUT2D eigenvalue weighted by molar-refractivity contribution is 5.95. The van der Waals surface area contributed by atoms with Gasteiger partial charge < -0.3 is 5.11 Å². The average molecular weight is 261 g/mol. The molecule has 0 aromatic heterocycles. The van der Waals surface area contributed by atoms with Gasteiger partial charge in [0.15, 0.2) is 5.78 Å². The third kappa shape index (κ3) is 4.15. The van der Waals surface area contributed by atoms with Gasteiger partial charge in [0.25, 0.3) is 0 Å². The van der Waals surface area contributed by atoms with Crippen molar-refractivity contribution < 1.29 is 9.90 Å². The molecule has 1 fully saturated rings. The summed E-state index contributed by atoms with van der Waals surface area (Å²) in [4.78, 5) is 14.3. The lowest BCUT2D eigenvalue weighted by Crippen LogP contribution is -2.42. The van der Waals surface area contributed by atoms with Gasteiger partial charge in [0.05, 0.1) is 6.61 Å². The van der Waals surface area contributed by atoms with E-state index in [4.69, 9.17) is 5.11 Å². The molecule has 3 heteroatoms. The Morgan fingerprint density at radius 1 is 1.21 bits per heavy atom. The quantitative estimate of drug-likeness (QED) is 0.731. The monoisotopic (exact) mass is 261 g/mol. The van der Waals surface area contributed by atoms with Crippen LogP contribution in [0.3, 0.4) is 0 Å². The maximum Gasteiger partial charge on any atom is 0.162 e. The molecule has 2 rings (SSSR count). The van der Waals surface area contributed by atoms with Crippen molar-refractivity contribution in [2.75, 3.05) is 19.7 Å². The second-order valence-electron chi connectivity index (χ2n) is 5.24. The molecule has 0 saturated heterocycles. The predicted octanol–water partition coefficient (Wildman–Crippen LogP) is 2.50.